The second kappa shape index (κ2) is 57.0. The lowest BCUT2D eigenvalue weighted by Gasteiger charge is -2.18. The molecule has 0 rings (SSSR count). The third-order valence-corrected chi connectivity index (χ3v) is 13.1. The lowest BCUT2D eigenvalue weighted by Crippen LogP contribution is -2.30. The molecule has 1 atom stereocenters. The molecule has 0 saturated carbocycles. The molecular weight excluding hydrogens is 841 g/mol. The van der Waals surface area contributed by atoms with Crippen molar-refractivity contribution in [3.05, 3.63) is 48.6 Å². The summed E-state index contributed by atoms with van der Waals surface area (Å²) in [6.45, 7) is 6.62. The van der Waals surface area contributed by atoms with Gasteiger partial charge in [-0.05, 0) is 83.5 Å². The fourth-order valence-electron chi connectivity index (χ4n) is 8.56. The van der Waals surface area contributed by atoms with Gasteiger partial charge in [0.05, 0.1) is 0 Å². The smallest absolute Gasteiger partial charge is 0.306 e. The predicted octanol–water partition coefficient (Wildman–Crippen LogP) is 19.8. The van der Waals surface area contributed by atoms with Gasteiger partial charge in [0.2, 0.25) is 0 Å². The van der Waals surface area contributed by atoms with E-state index in [4.69, 9.17) is 14.2 Å². The van der Waals surface area contributed by atoms with Crippen molar-refractivity contribution in [1.29, 1.82) is 0 Å². The zero-order chi connectivity index (χ0) is 49.3. The van der Waals surface area contributed by atoms with Crippen molar-refractivity contribution >= 4 is 17.9 Å². The molecule has 0 heterocycles. The quantitative estimate of drug-likeness (QED) is 0.0262. The number of esters is 3. The summed E-state index contributed by atoms with van der Waals surface area (Å²) < 4.78 is 16.8. The van der Waals surface area contributed by atoms with Crippen LogP contribution in [0.4, 0.5) is 0 Å². The Bertz CT molecular complexity index is 1190. The minimum Gasteiger partial charge on any atom is -0.462 e. The molecule has 0 aliphatic heterocycles. The molecule has 1 unspecified atom stereocenters. The van der Waals surface area contributed by atoms with Gasteiger partial charge < -0.3 is 14.2 Å². The van der Waals surface area contributed by atoms with E-state index in [2.05, 4.69) is 69.4 Å². The first-order valence-corrected chi connectivity index (χ1v) is 29.6. The highest BCUT2D eigenvalue weighted by atomic mass is 16.6. The number of rotatable bonds is 54. The van der Waals surface area contributed by atoms with Crippen molar-refractivity contribution in [1.82, 2.24) is 0 Å². The number of ether oxygens (including phenoxy) is 3. The summed E-state index contributed by atoms with van der Waals surface area (Å²) in [5.41, 5.74) is 0. The first-order chi connectivity index (χ1) is 33.5. The van der Waals surface area contributed by atoms with E-state index in [0.29, 0.717) is 19.3 Å². The maximum Gasteiger partial charge on any atom is 0.306 e. The molecule has 6 nitrogen and oxygen atoms in total. The Hall–Kier alpha value is -2.63. The zero-order valence-corrected chi connectivity index (χ0v) is 45.4. The highest BCUT2D eigenvalue weighted by Crippen LogP contribution is 2.16. The molecule has 0 aromatic carbocycles. The fourth-order valence-corrected chi connectivity index (χ4v) is 8.56. The van der Waals surface area contributed by atoms with Crippen LogP contribution in [0.3, 0.4) is 0 Å². The van der Waals surface area contributed by atoms with Crippen molar-refractivity contribution in [2.45, 2.75) is 316 Å². The van der Waals surface area contributed by atoms with E-state index in [0.717, 1.165) is 77.0 Å². The third-order valence-electron chi connectivity index (χ3n) is 13.1. The number of carbonyl (C=O) groups is 3. The van der Waals surface area contributed by atoms with E-state index in [9.17, 15) is 14.4 Å². The molecule has 0 aliphatic rings. The largest absolute Gasteiger partial charge is 0.462 e. The van der Waals surface area contributed by atoms with Crippen LogP contribution >= 0.6 is 0 Å². The second-order valence-electron chi connectivity index (χ2n) is 19.9. The summed E-state index contributed by atoms with van der Waals surface area (Å²) in [4.78, 5) is 38.0. The number of hydrogen-bond acceptors (Lipinski definition) is 6. The van der Waals surface area contributed by atoms with Crippen LogP contribution < -0.4 is 0 Å². The molecular formula is C62H112O6. The molecule has 0 amide bonds. The van der Waals surface area contributed by atoms with E-state index < -0.39 is 6.10 Å². The third kappa shape index (κ3) is 54.3. The van der Waals surface area contributed by atoms with Crippen LogP contribution in [0.2, 0.25) is 0 Å². The SMILES string of the molecule is CCCCCCC/C=C\C/C=C\C/C=C\CCCCCCCCCCCCCCC(=O)OCC(COC(=O)CCCCCCCCCCC)OC(=O)CCCCCCC/C=C\CCCCCCC. The van der Waals surface area contributed by atoms with Crippen LogP contribution in [-0.2, 0) is 28.6 Å². The van der Waals surface area contributed by atoms with Crippen molar-refractivity contribution in [2.75, 3.05) is 13.2 Å². The molecule has 0 N–H and O–H groups in total. The first-order valence-electron chi connectivity index (χ1n) is 29.6. The van der Waals surface area contributed by atoms with Gasteiger partial charge in [-0.1, -0.05) is 256 Å². The number of hydrogen-bond donors (Lipinski definition) is 0. The highest BCUT2D eigenvalue weighted by molar-refractivity contribution is 5.71. The molecule has 0 aliphatic carbocycles. The number of carbonyl (C=O) groups excluding carboxylic acids is 3. The lowest BCUT2D eigenvalue weighted by atomic mass is 10.0. The molecule has 0 aromatic heterocycles. The van der Waals surface area contributed by atoms with Crippen molar-refractivity contribution in [2.24, 2.45) is 0 Å². The monoisotopic (exact) mass is 953 g/mol. The van der Waals surface area contributed by atoms with E-state index >= 15 is 0 Å². The van der Waals surface area contributed by atoms with Gasteiger partial charge in [0.15, 0.2) is 6.10 Å². The maximum atomic E-state index is 12.8. The summed E-state index contributed by atoms with van der Waals surface area (Å²) >= 11 is 0. The van der Waals surface area contributed by atoms with Gasteiger partial charge in [0, 0.05) is 19.3 Å². The van der Waals surface area contributed by atoms with Crippen LogP contribution in [0.15, 0.2) is 48.6 Å². The van der Waals surface area contributed by atoms with Crippen molar-refractivity contribution in [3.63, 3.8) is 0 Å². The van der Waals surface area contributed by atoms with Gasteiger partial charge in [-0.3, -0.25) is 14.4 Å². The van der Waals surface area contributed by atoms with Gasteiger partial charge in [0.1, 0.15) is 13.2 Å². The van der Waals surface area contributed by atoms with E-state index in [1.54, 1.807) is 0 Å². The minimum absolute atomic E-state index is 0.0740. The minimum atomic E-state index is -0.774. The lowest BCUT2D eigenvalue weighted by molar-refractivity contribution is -0.167. The zero-order valence-electron chi connectivity index (χ0n) is 45.4. The van der Waals surface area contributed by atoms with Crippen molar-refractivity contribution < 1.29 is 28.6 Å². The highest BCUT2D eigenvalue weighted by Gasteiger charge is 2.19. The topological polar surface area (TPSA) is 78.9 Å². The van der Waals surface area contributed by atoms with Gasteiger partial charge in [-0.25, -0.2) is 0 Å². The molecule has 0 radical (unpaired) electrons. The van der Waals surface area contributed by atoms with E-state index in [1.807, 2.05) is 0 Å². The summed E-state index contributed by atoms with van der Waals surface area (Å²) in [6, 6.07) is 0. The molecule has 6 heteroatoms. The molecule has 68 heavy (non-hydrogen) atoms. The van der Waals surface area contributed by atoms with Gasteiger partial charge in [-0.15, -0.1) is 0 Å². The summed E-state index contributed by atoms with van der Waals surface area (Å²) in [5, 5.41) is 0. The summed E-state index contributed by atoms with van der Waals surface area (Å²) in [5.74, 6) is -0.875. The van der Waals surface area contributed by atoms with Crippen molar-refractivity contribution in [3.8, 4) is 0 Å². The normalized spacial score (nSPS) is 12.3. The Morgan fingerprint density at radius 2 is 0.529 bits per heavy atom. The molecule has 0 spiro atoms. The Morgan fingerprint density at radius 3 is 0.838 bits per heavy atom. The van der Waals surface area contributed by atoms with Crippen LogP contribution in [-0.4, -0.2) is 37.2 Å². The Balaban J connectivity index is 4.16. The van der Waals surface area contributed by atoms with Gasteiger partial charge in [0.25, 0.3) is 0 Å². The van der Waals surface area contributed by atoms with Gasteiger partial charge >= 0.3 is 17.9 Å². The Kier molecular flexibility index (Phi) is 54.8. The standard InChI is InChI=1S/C62H112O6/c1-4-7-10-13-16-19-21-23-25-26-27-28-29-30-31-32-33-34-35-36-37-39-40-43-46-49-52-55-61(64)67-58-59(57-66-60(63)54-51-48-45-42-18-15-12-9-6-3)68-62(65)56-53-50-47-44-41-38-24-22-20-17-14-11-8-5-2/h21-24,26-27,29-30,59H,4-20,25,28,31-58H2,1-3H3/b23-21-,24-22-,27-26-,30-29-. The van der Waals surface area contributed by atoms with E-state index in [1.165, 1.54) is 193 Å². The Labute approximate surface area is 422 Å². The average Bonchev–Trinajstić information content (AvgIpc) is 3.34. The summed E-state index contributed by atoms with van der Waals surface area (Å²) in [6.07, 6.45) is 69.8. The molecule has 0 bridgehead atoms. The van der Waals surface area contributed by atoms with Crippen LogP contribution in [0.25, 0.3) is 0 Å². The fraction of sp³-hybridized carbons (Fsp3) is 0.823. The van der Waals surface area contributed by atoms with Crippen LogP contribution in [0, 0.1) is 0 Å². The average molecular weight is 954 g/mol. The first kappa shape index (κ1) is 65.4. The molecule has 396 valence electrons. The van der Waals surface area contributed by atoms with Crippen LogP contribution in [0.5, 0.6) is 0 Å². The molecule has 0 fully saturated rings. The molecule has 0 saturated heterocycles. The van der Waals surface area contributed by atoms with E-state index in [-0.39, 0.29) is 31.1 Å². The van der Waals surface area contributed by atoms with Gasteiger partial charge in [-0.2, -0.15) is 0 Å². The second-order valence-corrected chi connectivity index (χ2v) is 19.9. The molecule has 0 aromatic rings. The Morgan fingerprint density at radius 1 is 0.294 bits per heavy atom. The maximum absolute atomic E-state index is 12.8. The summed E-state index contributed by atoms with van der Waals surface area (Å²) in [7, 11) is 0. The number of unbranched alkanes of at least 4 members (excludes halogenated alkanes) is 35. The number of allylic oxidation sites excluding steroid dienone is 8. The van der Waals surface area contributed by atoms with Crippen LogP contribution in [0.1, 0.15) is 310 Å². The predicted molar refractivity (Wildman–Crippen MR) is 293 cm³/mol.